The summed E-state index contributed by atoms with van der Waals surface area (Å²) in [6, 6.07) is 14.1. The zero-order valence-corrected chi connectivity index (χ0v) is 14.6. The highest BCUT2D eigenvalue weighted by Gasteiger charge is 2.08. The molecule has 2 aromatic rings. The highest BCUT2D eigenvalue weighted by Crippen LogP contribution is 2.14. The predicted molar refractivity (Wildman–Crippen MR) is 97.0 cm³/mol. The lowest BCUT2D eigenvalue weighted by Gasteiger charge is -2.08. The van der Waals surface area contributed by atoms with Crippen molar-refractivity contribution >= 4 is 17.6 Å². The lowest BCUT2D eigenvalue weighted by Crippen LogP contribution is -2.14. The second-order valence-corrected chi connectivity index (χ2v) is 5.52. The van der Waals surface area contributed by atoms with Crippen LogP contribution in [0.2, 0.25) is 0 Å². The Bertz CT molecular complexity index is 693. The van der Waals surface area contributed by atoms with Gasteiger partial charge in [0.2, 0.25) is 5.91 Å². The Morgan fingerprint density at radius 3 is 2.24 bits per heavy atom. The molecule has 0 aliphatic carbocycles. The summed E-state index contributed by atoms with van der Waals surface area (Å²) >= 11 is 0. The van der Waals surface area contributed by atoms with Crippen LogP contribution in [0.5, 0.6) is 5.75 Å². The molecule has 5 nitrogen and oxygen atoms in total. The highest BCUT2D eigenvalue weighted by atomic mass is 16.5. The van der Waals surface area contributed by atoms with E-state index in [-0.39, 0.29) is 18.3 Å². The largest absolute Gasteiger partial charge is 0.494 e. The number of carbonyl (C=O) groups is 2. The van der Waals surface area contributed by atoms with Gasteiger partial charge in [0, 0.05) is 5.69 Å². The van der Waals surface area contributed by atoms with Gasteiger partial charge in [0.05, 0.1) is 25.2 Å². The van der Waals surface area contributed by atoms with Crippen LogP contribution in [0.1, 0.15) is 36.2 Å². The first kappa shape index (κ1) is 18.5. The first-order valence-corrected chi connectivity index (χ1v) is 8.41. The molecule has 25 heavy (non-hydrogen) atoms. The van der Waals surface area contributed by atoms with E-state index in [2.05, 4.69) is 5.32 Å². The van der Waals surface area contributed by atoms with Gasteiger partial charge in [-0.3, -0.25) is 4.79 Å². The van der Waals surface area contributed by atoms with Crippen molar-refractivity contribution in [2.75, 3.05) is 18.5 Å². The van der Waals surface area contributed by atoms with E-state index < -0.39 is 0 Å². The van der Waals surface area contributed by atoms with Crippen LogP contribution in [-0.4, -0.2) is 25.1 Å². The molecule has 0 bridgehead atoms. The molecule has 0 spiro atoms. The number of rotatable bonds is 8. The van der Waals surface area contributed by atoms with E-state index in [1.807, 2.05) is 38.1 Å². The standard InChI is InChI=1S/C20H23NO4/c1-3-13-25-20(23)16-7-9-17(10-8-16)21-19(22)14-15-5-11-18(12-6-15)24-4-2/h5-12H,3-4,13-14H2,1-2H3,(H,21,22). The molecule has 0 aliphatic heterocycles. The molecule has 1 N–H and O–H groups in total. The maximum absolute atomic E-state index is 12.1. The summed E-state index contributed by atoms with van der Waals surface area (Å²) < 4.78 is 10.4. The van der Waals surface area contributed by atoms with Gasteiger partial charge in [-0.25, -0.2) is 4.79 Å². The molecule has 0 heterocycles. The SMILES string of the molecule is CCCOC(=O)c1ccc(NC(=O)Cc2ccc(OCC)cc2)cc1. The quantitative estimate of drug-likeness (QED) is 0.741. The van der Waals surface area contributed by atoms with Gasteiger partial charge >= 0.3 is 5.97 Å². The molecule has 0 unspecified atom stereocenters. The van der Waals surface area contributed by atoms with Crippen molar-refractivity contribution in [3.63, 3.8) is 0 Å². The van der Waals surface area contributed by atoms with Gasteiger partial charge in [0.15, 0.2) is 0 Å². The molecule has 0 saturated carbocycles. The third-order valence-electron chi connectivity index (χ3n) is 3.44. The first-order chi connectivity index (χ1) is 12.1. The smallest absolute Gasteiger partial charge is 0.338 e. The number of carbonyl (C=O) groups excluding carboxylic acids is 2. The normalized spacial score (nSPS) is 10.2. The second-order valence-electron chi connectivity index (χ2n) is 5.52. The van der Waals surface area contributed by atoms with Crippen molar-refractivity contribution in [1.29, 1.82) is 0 Å². The molecule has 0 radical (unpaired) electrons. The second kappa shape index (κ2) is 9.47. The molecule has 0 atom stereocenters. The molecule has 2 aromatic carbocycles. The summed E-state index contributed by atoms with van der Waals surface area (Å²) in [4.78, 5) is 23.9. The van der Waals surface area contributed by atoms with Gasteiger partial charge in [-0.05, 0) is 55.3 Å². The Morgan fingerprint density at radius 2 is 1.64 bits per heavy atom. The summed E-state index contributed by atoms with van der Waals surface area (Å²) in [5.41, 5.74) is 2.02. The average Bonchev–Trinajstić information content (AvgIpc) is 2.62. The van der Waals surface area contributed by atoms with Crippen molar-refractivity contribution in [1.82, 2.24) is 0 Å². The third kappa shape index (κ3) is 5.95. The van der Waals surface area contributed by atoms with Crippen LogP contribution >= 0.6 is 0 Å². The Morgan fingerprint density at radius 1 is 0.960 bits per heavy atom. The highest BCUT2D eigenvalue weighted by molar-refractivity contribution is 5.94. The molecule has 0 aliphatic rings. The predicted octanol–water partition coefficient (Wildman–Crippen LogP) is 3.83. The van der Waals surface area contributed by atoms with Crippen LogP contribution in [0.3, 0.4) is 0 Å². The van der Waals surface area contributed by atoms with Gasteiger partial charge in [-0.15, -0.1) is 0 Å². The summed E-state index contributed by atoms with van der Waals surface area (Å²) in [6.45, 7) is 4.88. The lowest BCUT2D eigenvalue weighted by atomic mass is 10.1. The van der Waals surface area contributed by atoms with E-state index in [4.69, 9.17) is 9.47 Å². The van der Waals surface area contributed by atoms with Gasteiger partial charge in [-0.1, -0.05) is 19.1 Å². The molecule has 2 rings (SSSR count). The molecule has 0 saturated heterocycles. The van der Waals surface area contributed by atoms with Crippen LogP contribution in [-0.2, 0) is 16.0 Å². The van der Waals surface area contributed by atoms with E-state index in [1.165, 1.54) is 0 Å². The number of benzene rings is 2. The fourth-order valence-corrected chi connectivity index (χ4v) is 2.23. The maximum atomic E-state index is 12.1. The Balaban J connectivity index is 1.88. The summed E-state index contributed by atoms with van der Waals surface area (Å²) in [5.74, 6) is 0.316. The number of esters is 1. The van der Waals surface area contributed by atoms with E-state index in [1.54, 1.807) is 24.3 Å². The van der Waals surface area contributed by atoms with Crippen molar-refractivity contribution in [3.05, 3.63) is 59.7 Å². The van der Waals surface area contributed by atoms with Crippen molar-refractivity contribution in [2.45, 2.75) is 26.7 Å². The number of hydrogen-bond donors (Lipinski definition) is 1. The van der Waals surface area contributed by atoms with E-state index in [0.29, 0.717) is 24.5 Å². The van der Waals surface area contributed by atoms with Crippen LogP contribution in [0.25, 0.3) is 0 Å². The van der Waals surface area contributed by atoms with Crippen LogP contribution < -0.4 is 10.1 Å². The minimum Gasteiger partial charge on any atom is -0.494 e. The summed E-state index contributed by atoms with van der Waals surface area (Å²) in [7, 11) is 0. The fraction of sp³-hybridized carbons (Fsp3) is 0.300. The fourth-order valence-electron chi connectivity index (χ4n) is 2.23. The summed E-state index contributed by atoms with van der Waals surface area (Å²) in [6.07, 6.45) is 1.05. The molecule has 0 aromatic heterocycles. The van der Waals surface area contributed by atoms with Crippen LogP contribution in [0, 0.1) is 0 Å². The van der Waals surface area contributed by atoms with Gasteiger partial charge in [0.25, 0.3) is 0 Å². The Labute approximate surface area is 148 Å². The molecular formula is C20H23NO4. The van der Waals surface area contributed by atoms with Crippen molar-refractivity contribution in [3.8, 4) is 5.75 Å². The topological polar surface area (TPSA) is 64.6 Å². The third-order valence-corrected chi connectivity index (χ3v) is 3.44. The Hall–Kier alpha value is -2.82. The lowest BCUT2D eigenvalue weighted by molar-refractivity contribution is -0.115. The molecule has 5 heteroatoms. The van der Waals surface area contributed by atoms with Crippen molar-refractivity contribution in [2.24, 2.45) is 0 Å². The minimum atomic E-state index is -0.353. The van der Waals surface area contributed by atoms with E-state index >= 15 is 0 Å². The number of anilines is 1. The van der Waals surface area contributed by atoms with Crippen LogP contribution in [0.4, 0.5) is 5.69 Å². The maximum Gasteiger partial charge on any atom is 0.338 e. The van der Waals surface area contributed by atoms with Crippen molar-refractivity contribution < 1.29 is 19.1 Å². The van der Waals surface area contributed by atoms with Gasteiger partial charge in [0.1, 0.15) is 5.75 Å². The Kier molecular flexibility index (Phi) is 7.01. The molecule has 0 fully saturated rings. The van der Waals surface area contributed by atoms with Gasteiger partial charge in [-0.2, -0.15) is 0 Å². The zero-order valence-electron chi connectivity index (χ0n) is 14.6. The van der Waals surface area contributed by atoms with E-state index in [0.717, 1.165) is 17.7 Å². The minimum absolute atomic E-state index is 0.120. The summed E-state index contributed by atoms with van der Waals surface area (Å²) in [5, 5.41) is 2.82. The number of ether oxygens (including phenoxy) is 2. The van der Waals surface area contributed by atoms with E-state index in [9.17, 15) is 9.59 Å². The number of nitrogens with one attached hydrogen (secondary N) is 1. The molecular weight excluding hydrogens is 318 g/mol. The van der Waals surface area contributed by atoms with Crippen LogP contribution in [0.15, 0.2) is 48.5 Å². The first-order valence-electron chi connectivity index (χ1n) is 8.41. The zero-order chi connectivity index (χ0) is 18.1. The average molecular weight is 341 g/mol. The molecule has 132 valence electrons. The number of hydrogen-bond acceptors (Lipinski definition) is 4. The van der Waals surface area contributed by atoms with Gasteiger partial charge < -0.3 is 14.8 Å². The number of amides is 1. The molecule has 1 amide bonds. The monoisotopic (exact) mass is 341 g/mol.